The predicted molar refractivity (Wildman–Crippen MR) is 80.3 cm³/mol. The molecule has 0 aromatic heterocycles. The smallest absolute Gasteiger partial charge is 0.303 e. The highest BCUT2D eigenvalue weighted by Gasteiger charge is 2.16. The van der Waals surface area contributed by atoms with Crippen molar-refractivity contribution in [3.8, 4) is 0 Å². The molecule has 0 aromatic rings. The number of hydrogen-bond acceptors (Lipinski definition) is 3. The first-order chi connectivity index (χ1) is 9.38. The molecular weight excluding hydrogens is 256 g/mol. The zero-order chi connectivity index (χ0) is 15.5. The monoisotopic (exact) mass is 286 g/mol. The van der Waals surface area contributed by atoms with Crippen molar-refractivity contribution in [2.75, 3.05) is 6.54 Å². The zero-order valence-electron chi connectivity index (χ0n) is 13.0. The summed E-state index contributed by atoms with van der Waals surface area (Å²) < 4.78 is 0. The molecule has 4 N–H and O–H groups in total. The van der Waals surface area contributed by atoms with Crippen molar-refractivity contribution in [3.05, 3.63) is 0 Å². The van der Waals surface area contributed by atoms with Crippen molar-refractivity contribution in [2.24, 2.45) is 17.6 Å². The van der Waals surface area contributed by atoms with Crippen LogP contribution in [0.1, 0.15) is 59.3 Å². The number of nitrogens with one attached hydrogen (secondary N) is 1. The van der Waals surface area contributed by atoms with Crippen molar-refractivity contribution < 1.29 is 14.7 Å². The number of nitrogens with two attached hydrogens (primary N) is 1. The van der Waals surface area contributed by atoms with Crippen molar-refractivity contribution in [1.29, 1.82) is 0 Å². The highest BCUT2D eigenvalue weighted by Crippen LogP contribution is 2.20. The lowest BCUT2D eigenvalue weighted by molar-refractivity contribution is -0.137. The lowest BCUT2D eigenvalue weighted by atomic mass is 9.88. The van der Waals surface area contributed by atoms with Gasteiger partial charge in [0.2, 0.25) is 5.91 Å². The molecule has 0 heterocycles. The van der Waals surface area contributed by atoms with Gasteiger partial charge in [0.05, 0.1) is 6.04 Å². The summed E-state index contributed by atoms with van der Waals surface area (Å²) in [6, 6.07) is -0.425. The van der Waals surface area contributed by atoms with Gasteiger partial charge in [0.25, 0.3) is 0 Å². The number of carboxylic acids is 1. The largest absolute Gasteiger partial charge is 0.481 e. The van der Waals surface area contributed by atoms with Gasteiger partial charge >= 0.3 is 5.97 Å². The third-order valence-electron chi connectivity index (χ3n) is 3.69. The molecule has 5 heteroatoms. The quantitative estimate of drug-likeness (QED) is 0.542. The van der Waals surface area contributed by atoms with Crippen LogP contribution in [0.2, 0.25) is 0 Å². The molecular formula is C15H30N2O3. The van der Waals surface area contributed by atoms with Crippen LogP contribution < -0.4 is 11.1 Å². The fourth-order valence-corrected chi connectivity index (χ4v) is 2.19. The van der Waals surface area contributed by atoms with Crippen LogP contribution in [0.3, 0.4) is 0 Å². The Morgan fingerprint density at radius 2 is 1.85 bits per heavy atom. The number of hydrogen-bond donors (Lipinski definition) is 3. The highest BCUT2D eigenvalue weighted by molar-refractivity contribution is 5.81. The Morgan fingerprint density at radius 3 is 2.35 bits per heavy atom. The number of carbonyl (C=O) groups excluding carboxylic acids is 1. The molecule has 0 saturated carbocycles. The van der Waals surface area contributed by atoms with Gasteiger partial charge in [-0.05, 0) is 31.1 Å². The van der Waals surface area contributed by atoms with Crippen LogP contribution in [-0.2, 0) is 9.59 Å². The Labute approximate surface area is 122 Å². The summed E-state index contributed by atoms with van der Waals surface area (Å²) in [4.78, 5) is 22.3. The van der Waals surface area contributed by atoms with Gasteiger partial charge in [0.1, 0.15) is 0 Å². The highest BCUT2D eigenvalue weighted by atomic mass is 16.4. The summed E-state index contributed by atoms with van der Waals surface area (Å²) in [5, 5.41) is 11.6. The van der Waals surface area contributed by atoms with Crippen LogP contribution in [0.4, 0.5) is 0 Å². The Bertz CT molecular complexity index is 293. The minimum absolute atomic E-state index is 0.0980. The predicted octanol–water partition coefficient (Wildman–Crippen LogP) is 2.15. The minimum atomic E-state index is -0.763. The van der Waals surface area contributed by atoms with E-state index in [1.165, 1.54) is 0 Å². The van der Waals surface area contributed by atoms with Gasteiger partial charge < -0.3 is 16.2 Å². The molecule has 0 aliphatic carbocycles. The minimum Gasteiger partial charge on any atom is -0.481 e. The van der Waals surface area contributed by atoms with Gasteiger partial charge in [-0.3, -0.25) is 9.59 Å². The second kappa shape index (κ2) is 10.7. The molecule has 0 saturated heterocycles. The van der Waals surface area contributed by atoms with Crippen LogP contribution in [0.15, 0.2) is 0 Å². The third kappa shape index (κ3) is 8.91. The van der Waals surface area contributed by atoms with E-state index in [1.54, 1.807) is 0 Å². The number of carboxylic acid groups (broad SMARTS) is 1. The standard InChI is InChI=1S/C15H30N2O3/c1-4-5-6-13(16)15(20)17-10-9-12(11(2)3)7-8-14(18)19/h11-13H,4-10,16H2,1-3H3,(H,17,20)(H,18,19)/t12?,13-/m0/s1. The van der Waals surface area contributed by atoms with E-state index in [4.69, 9.17) is 10.8 Å². The normalized spacial score (nSPS) is 14.1. The van der Waals surface area contributed by atoms with Crippen molar-refractivity contribution in [1.82, 2.24) is 5.32 Å². The van der Waals surface area contributed by atoms with Crippen molar-refractivity contribution >= 4 is 11.9 Å². The fourth-order valence-electron chi connectivity index (χ4n) is 2.19. The first-order valence-corrected chi connectivity index (χ1v) is 7.63. The summed E-state index contributed by atoms with van der Waals surface area (Å²) in [6.45, 7) is 6.81. The SMILES string of the molecule is CCCC[C@H](N)C(=O)NCCC(CCC(=O)O)C(C)C. The van der Waals surface area contributed by atoms with Crippen LogP contribution in [0.25, 0.3) is 0 Å². The van der Waals surface area contributed by atoms with Gasteiger partial charge in [0.15, 0.2) is 0 Å². The molecule has 1 amide bonds. The molecule has 0 aliphatic rings. The Morgan fingerprint density at radius 1 is 1.20 bits per heavy atom. The molecule has 0 rings (SSSR count). The molecule has 2 atom stereocenters. The van der Waals surface area contributed by atoms with Gasteiger partial charge in [-0.1, -0.05) is 33.6 Å². The second-order valence-electron chi connectivity index (χ2n) is 5.76. The van der Waals surface area contributed by atoms with E-state index in [0.717, 1.165) is 25.7 Å². The van der Waals surface area contributed by atoms with Crippen LogP contribution in [-0.4, -0.2) is 29.6 Å². The first-order valence-electron chi connectivity index (χ1n) is 7.63. The Balaban J connectivity index is 3.98. The van der Waals surface area contributed by atoms with E-state index < -0.39 is 12.0 Å². The van der Waals surface area contributed by atoms with Gasteiger partial charge in [-0.2, -0.15) is 0 Å². The summed E-state index contributed by atoms with van der Waals surface area (Å²) in [6.07, 6.45) is 4.36. The summed E-state index contributed by atoms with van der Waals surface area (Å²) in [5.74, 6) is -0.126. The number of carbonyl (C=O) groups is 2. The number of unbranched alkanes of at least 4 members (excludes halogenated alkanes) is 1. The fraction of sp³-hybridized carbons (Fsp3) is 0.867. The number of aliphatic carboxylic acids is 1. The van der Waals surface area contributed by atoms with E-state index in [0.29, 0.717) is 24.8 Å². The summed E-state index contributed by atoms with van der Waals surface area (Å²) in [7, 11) is 0. The van der Waals surface area contributed by atoms with E-state index in [-0.39, 0.29) is 12.3 Å². The number of rotatable bonds is 11. The topological polar surface area (TPSA) is 92.4 Å². The Hall–Kier alpha value is -1.10. The van der Waals surface area contributed by atoms with Gasteiger partial charge in [0, 0.05) is 13.0 Å². The van der Waals surface area contributed by atoms with E-state index in [2.05, 4.69) is 26.1 Å². The molecule has 0 aromatic carbocycles. The molecule has 20 heavy (non-hydrogen) atoms. The maximum atomic E-state index is 11.7. The first kappa shape index (κ1) is 18.9. The molecule has 0 aliphatic heterocycles. The molecule has 118 valence electrons. The van der Waals surface area contributed by atoms with E-state index in [9.17, 15) is 9.59 Å². The van der Waals surface area contributed by atoms with Crippen LogP contribution in [0, 0.1) is 11.8 Å². The second-order valence-corrected chi connectivity index (χ2v) is 5.76. The molecule has 0 spiro atoms. The molecule has 5 nitrogen and oxygen atoms in total. The Kier molecular flexibility index (Phi) is 10.1. The van der Waals surface area contributed by atoms with Gasteiger partial charge in [-0.25, -0.2) is 0 Å². The van der Waals surface area contributed by atoms with E-state index in [1.807, 2.05) is 0 Å². The van der Waals surface area contributed by atoms with Crippen LogP contribution in [0.5, 0.6) is 0 Å². The van der Waals surface area contributed by atoms with E-state index >= 15 is 0 Å². The molecule has 0 bridgehead atoms. The average molecular weight is 286 g/mol. The summed E-state index contributed by atoms with van der Waals surface area (Å²) in [5.41, 5.74) is 5.79. The van der Waals surface area contributed by atoms with Crippen LogP contribution >= 0.6 is 0 Å². The lowest BCUT2D eigenvalue weighted by Gasteiger charge is -2.20. The summed E-state index contributed by atoms with van der Waals surface area (Å²) >= 11 is 0. The van der Waals surface area contributed by atoms with Crippen molar-refractivity contribution in [2.45, 2.75) is 65.3 Å². The van der Waals surface area contributed by atoms with Gasteiger partial charge in [-0.15, -0.1) is 0 Å². The maximum absolute atomic E-state index is 11.7. The third-order valence-corrected chi connectivity index (χ3v) is 3.69. The number of amides is 1. The lowest BCUT2D eigenvalue weighted by Crippen LogP contribution is -2.41. The molecule has 1 unspecified atom stereocenters. The molecule has 0 radical (unpaired) electrons. The average Bonchev–Trinajstić information content (AvgIpc) is 2.38. The van der Waals surface area contributed by atoms with Crippen molar-refractivity contribution in [3.63, 3.8) is 0 Å². The zero-order valence-corrected chi connectivity index (χ0v) is 13.0. The molecule has 0 fully saturated rings. The maximum Gasteiger partial charge on any atom is 0.303 e.